The van der Waals surface area contributed by atoms with E-state index in [1.165, 1.54) is 37.4 Å². The van der Waals surface area contributed by atoms with Gasteiger partial charge < -0.3 is 5.32 Å². The normalized spacial score (nSPS) is 11.8. The van der Waals surface area contributed by atoms with Crippen LogP contribution in [0, 0.1) is 0 Å². The van der Waals surface area contributed by atoms with E-state index in [0.29, 0.717) is 21.6 Å². The number of nitrogens with one attached hydrogen (secondary N) is 2. The molecule has 0 fully saturated rings. The fourth-order valence-electron chi connectivity index (χ4n) is 3.12. The highest BCUT2D eigenvalue weighted by Gasteiger charge is 2.35. The fraction of sp³-hybridized carbons (Fsp3) is 0.125. The van der Waals surface area contributed by atoms with Gasteiger partial charge in [-0.2, -0.15) is 18.3 Å². The second-order valence-electron chi connectivity index (χ2n) is 7.58. The molecule has 0 saturated carbocycles. The van der Waals surface area contributed by atoms with Gasteiger partial charge in [0.1, 0.15) is 6.54 Å². The Hall–Kier alpha value is -3.90. The zero-order chi connectivity index (χ0) is 27.2. The Kier molecular flexibility index (Phi) is 8.56. The number of carbonyl (C=O) groups is 2. The van der Waals surface area contributed by atoms with E-state index in [1.54, 1.807) is 30.3 Å². The summed E-state index contributed by atoms with van der Waals surface area (Å²) in [5.74, 6) is -1.15. The molecule has 0 aliphatic carbocycles. The number of anilines is 2. The molecule has 37 heavy (non-hydrogen) atoms. The lowest BCUT2D eigenvalue weighted by molar-refractivity contribution is -0.137. The van der Waals surface area contributed by atoms with Crippen molar-refractivity contribution >= 4 is 51.0 Å². The van der Waals surface area contributed by atoms with Gasteiger partial charge in [0.2, 0.25) is 5.91 Å². The number of alkyl halides is 3. The van der Waals surface area contributed by atoms with Crippen LogP contribution in [-0.4, -0.2) is 33.0 Å². The van der Waals surface area contributed by atoms with Crippen molar-refractivity contribution < 1.29 is 31.2 Å². The van der Waals surface area contributed by atoms with Gasteiger partial charge in [0.25, 0.3) is 15.9 Å². The van der Waals surface area contributed by atoms with Crippen molar-refractivity contribution in [2.45, 2.75) is 18.0 Å². The zero-order valence-electron chi connectivity index (χ0n) is 19.2. The summed E-state index contributed by atoms with van der Waals surface area (Å²) < 4.78 is 67.4. The largest absolute Gasteiger partial charge is 0.417 e. The topological polar surface area (TPSA) is 108 Å². The Morgan fingerprint density at radius 3 is 2.27 bits per heavy atom. The predicted octanol–water partition coefficient (Wildman–Crippen LogP) is 4.66. The third kappa shape index (κ3) is 7.30. The fourth-order valence-corrected chi connectivity index (χ4v) is 4.78. The third-order valence-corrected chi connectivity index (χ3v) is 6.91. The number of benzene rings is 3. The zero-order valence-corrected chi connectivity index (χ0v) is 20.7. The van der Waals surface area contributed by atoms with Gasteiger partial charge in [0.15, 0.2) is 0 Å². The Morgan fingerprint density at radius 1 is 1.03 bits per heavy atom. The summed E-state index contributed by atoms with van der Waals surface area (Å²) in [7, 11) is -4.44. The molecule has 194 valence electrons. The van der Waals surface area contributed by atoms with Gasteiger partial charge in [-0.1, -0.05) is 41.9 Å². The predicted molar refractivity (Wildman–Crippen MR) is 134 cm³/mol. The maximum Gasteiger partial charge on any atom is 0.417 e. The molecule has 0 saturated heterocycles. The number of amides is 2. The van der Waals surface area contributed by atoms with E-state index in [2.05, 4.69) is 15.8 Å². The number of sulfonamides is 1. The minimum atomic E-state index is -4.85. The number of halogens is 4. The Balaban J connectivity index is 1.86. The first-order valence-electron chi connectivity index (χ1n) is 10.5. The van der Waals surface area contributed by atoms with Crippen LogP contribution in [-0.2, 0) is 25.8 Å². The van der Waals surface area contributed by atoms with Gasteiger partial charge in [-0.25, -0.2) is 13.8 Å². The monoisotopic (exact) mass is 552 g/mol. The molecule has 0 unspecified atom stereocenters. The second-order valence-corrected chi connectivity index (χ2v) is 9.85. The van der Waals surface area contributed by atoms with Gasteiger partial charge >= 0.3 is 6.18 Å². The lowest BCUT2D eigenvalue weighted by Crippen LogP contribution is -2.39. The van der Waals surface area contributed by atoms with Gasteiger partial charge in [0, 0.05) is 12.6 Å². The highest BCUT2D eigenvalue weighted by atomic mass is 35.5. The molecule has 13 heteroatoms. The highest BCUT2D eigenvalue weighted by Crippen LogP contribution is 2.38. The third-order valence-electron chi connectivity index (χ3n) is 4.80. The van der Waals surface area contributed by atoms with Crippen LogP contribution in [0.15, 0.2) is 82.8 Å². The number of hydrogen-bond acceptors (Lipinski definition) is 5. The molecule has 3 aromatic carbocycles. The van der Waals surface area contributed by atoms with Crippen molar-refractivity contribution in [1.29, 1.82) is 0 Å². The van der Waals surface area contributed by atoms with Crippen LogP contribution in [0.3, 0.4) is 0 Å². The minimum absolute atomic E-state index is 0.228. The van der Waals surface area contributed by atoms with Crippen molar-refractivity contribution in [3.05, 3.63) is 88.9 Å². The van der Waals surface area contributed by atoms with Crippen LogP contribution in [0.25, 0.3) is 0 Å². The molecule has 0 radical (unpaired) electrons. The molecule has 8 nitrogen and oxygen atoms in total. The van der Waals surface area contributed by atoms with Crippen molar-refractivity contribution in [1.82, 2.24) is 5.43 Å². The van der Waals surface area contributed by atoms with E-state index < -0.39 is 44.9 Å². The molecule has 2 amide bonds. The second kappa shape index (κ2) is 11.4. The van der Waals surface area contributed by atoms with Crippen molar-refractivity contribution in [3.8, 4) is 0 Å². The molecule has 0 heterocycles. The number of rotatable bonds is 8. The lowest BCUT2D eigenvalue weighted by atomic mass is 10.2. The summed E-state index contributed by atoms with van der Waals surface area (Å²) in [6, 6.07) is 15.9. The molecular formula is C24H20ClF3N4O4S. The molecule has 0 bridgehead atoms. The van der Waals surface area contributed by atoms with E-state index in [1.807, 2.05) is 0 Å². The summed E-state index contributed by atoms with van der Waals surface area (Å²) in [6.45, 7) is 0.495. The van der Waals surface area contributed by atoms with Crippen LogP contribution in [0.2, 0.25) is 5.02 Å². The van der Waals surface area contributed by atoms with Crippen molar-refractivity contribution in [2.75, 3.05) is 16.2 Å². The standard InChI is InChI=1S/C24H20ClF3N4O4S/c1-16(33)30-18-9-7-17(8-10-18)14-29-31-23(34)15-32(37(35,36)20-5-3-2-4-6-20)19-11-12-22(25)21(13-19)24(26,27)28/h2-14H,15H2,1H3,(H,30,33)(H,31,34)/b29-14-. The molecule has 0 aliphatic heterocycles. The van der Waals surface area contributed by atoms with E-state index in [4.69, 9.17) is 11.6 Å². The number of hydrogen-bond donors (Lipinski definition) is 2. The van der Waals surface area contributed by atoms with Gasteiger partial charge in [-0.15, -0.1) is 0 Å². The SMILES string of the molecule is CC(=O)Nc1ccc(/C=N\NC(=O)CN(c2ccc(Cl)c(C(F)(F)F)c2)S(=O)(=O)c2ccccc2)cc1. The van der Waals surface area contributed by atoms with E-state index in [9.17, 15) is 31.2 Å². The quantitative estimate of drug-likeness (QED) is 0.313. The summed E-state index contributed by atoms with van der Waals surface area (Å²) in [5.41, 5.74) is 1.61. The molecule has 0 aliphatic rings. The molecule has 0 atom stereocenters. The first-order chi connectivity index (χ1) is 17.4. The lowest BCUT2D eigenvalue weighted by Gasteiger charge is -2.24. The van der Waals surface area contributed by atoms with Crippen LogP contribution >= 0.6 is 11.6 Å². The molecule has 3 aromatic rings. The Labute approximate surface area is 215 Å². The first kappa shape index (κ1) is 27.7. The van der Waals surface area contributed by atoms with Crippen molar-refractivity contribution in [2.24, 2.45) is 5.10 Å². The van der Waals surface area contributed by atoms with Crippen LogP contribution < -0.4 is 15.0 Å². The van der Waals surface area contributed by atoms with Gasteiger partial charge in [0.05, 0.1) is 27.4 Å². The summed E-state index contributed by atoms with van der Waals surface area (Å²) >= 11 is 5.68. The first-order valence-corrected chi connectivity index (χ1v) is 12.3. The molecule has 2 N–H and O–H groups in total. The summed E-state index contributed by atoms with van der Waals surface area (Å²) in [6.07, 6.45) is -3.58. The Bertz CT molecular complexity index is 1410. The smallest absolute Gasteiger partial charge is 0.326 e. The summed E-state index contributed by atoms with van der Waals surface area (Å²) in [5, 5.41) is 5.74. The Morgan fingerprint density at radius 2 is 1.68 bits per heavy atom. The molecular weight excluding hydrogens is 533 g/mol. The van der Waals surface area contributed by atoms with E-state index in [0.717, 1.165) is 12.1 Å². The number of hydrazone groups is 1. The van der Waals surface area contributed by atoms with Crippen LogP contribution in [0.1, 0.15) is 18.1 Å². The molecule has 0 spiro atoms. The molecule has 0 aromatic heterocycles. The maximum atomic E-state index is 13.4. The van der Waals surface area contributed by atoms with Gasteiger partial charge in [-0.3, -0.25) is 13.9 Å². The van der Waals surface area contributed by atoms with E-state index in [-0.39, 0.29) is 10.8 Å². The van der Waals surface area contributed by atoms with Crippen molar-refractivity contribution in [3.63, 3.8) is 0 Å². The number of nitrogens with zero attached hydrogens (tertiary/aromatic N) is 2. The average Bonchev–Trinajstić information content (AvgIpc) is 2.83. The van der Waals surface area contributed by atoms with Crippen LogP contribution in [0.5, 0.6) is 0 Å². The average molecular weight is 553 g/mol. The van der Waals surface area contributed by atoms with E-state index >= 15 is 0 Å². The van der Waals surface area contributed by atoms with Crippen LogP contribution in [0.4, 0.5) is 24.5 Å². The maximum absolute atomic E-state index is 13.4. The number of carbonyl (C=O) groups excluding carboxylic acids is 2. The summed E-state index contributed by atoms with van der Waals surface area (Å²) in [4.78, 5) is 23.5. The molecule has 3 rings (SSSR count). The minimum Gasteiger partial charge on any atom is -0.326 e. The highest BCUT2D eigenvalue weighted by molar-refractivity contribution is 7.92. The van der Waals surface area contributed by atoms with Gasteiger partial charge in [-0.05, 0) is 48.0 Å².